The number of benzene rings is 1. The van der Waals surface area contributed by atoms with Gasteiger partial charge in [-0.3, -0.25) is 4.79 Å². The molecule has 2 aromatic heterocycles. The Morgan fingerprint density at radius 1 is 1.23 bits per heavy atom. The van der Waals surface area contributed by atoms with Crippen molar-refractivity contribution >= 4 is 17.2 Å². The first-order valence-corrected chi connectivity index (χ1v) is 7.86. The maximum Gasteiger partial charge on any atom is 0.262 e. The van der Waals surface area contributed by atoms with Crippen LogP contribution in [0.15, 0.2) is 54.9 Å². The zero-order chi connectivity index (χ0) is 15.5. The molecule has 0 saturated carbocycles. The first-order chi connectivity index (χ1) is 10.6. The van der Waals surface area contributed by atoms with E-state index in [1.165, 1.54) is 11.3 Å². The Bertz CT molecular complexity index is 776. The monoisotopic (exact) mass is 311 g/mol. The molecule has 1 unspecified atom stereocenters. The summed E-state index contributed by atoms with van der Waals surface area (Å²) in [6.45, 7) is 1.99. The summed E-state index contributed by atoms with van der Waals surface area (Å²) >= 11 is 1.50. The molecule has 0 aliphatic rings. The van der Waals surface area contributed by atoms with Crippen LogP contribution in [0.25, 0.3) is 0 Å². The quantitative estimate of drug-likeness (QED) is 0.803. The molecule has 3 aromatic rings. The highest BCUT2D eigenvalue weighted by molar-refractivity contribution is 7.13. The summed E-state index contributed by atoms with van der Waals surface area (Å²) in [6, 6.07) is 13.4. The largest absolute Gasteiger partial charge is 0.337 e. The molecule has 22 heavy (non-hydrogen) atoms. The van der Waals surface area contributed by atoms with Gasteiger partial charge in [-0.1, -0.05) is 30.3 Å². The third-order valence-corrected chi connectivity index (χ3v) is 4.49. The van der Waals surface area contributed by atoms with Gasteiger partial charge in [0.25, 0.3) is 5.91 Å². The number of hydrogen-bond acceptors (Lipinski definition) is 3. The lowest BCUT2D eigenvalue weighted by Crippen LogP contribution is -2.30. The fourth-order valence-corrected chi connectivity index (χ4v) is 3.13. The highest BCUT2D eigenvalue weighted by Crippen LogP contribution is 2.22. The predicted octanol–water partition coefficient (Wildman–Crippen LogP) is 3.31. The number of carbonyl (C=O) groups excluding carboxylic acids is 1. The maximum atomic E-state index is 12.5. The molecular weight excluding hydrogens is 294 g/mol. The standard InChI is InChI=1S/C17H17N3OS/c1-12-8-9-14(22-12)17(21)19-15(13-6-4-3-5-7-13)16-18-10-11-20(16)2/h3-11,15H,1-2H3,(H,19,21). The number of thiophene rings is 1. The molecule has 4 nitrogen and oxygen atoms in total. The number of aromatic nitrogens is 2. The second kappa shape index (κ2) is 6.15. The fourth-order valence-electron chi connectivity index (χ4n) is 2.36. The lowest BCUT2D eigenvalue weighted by Gasteiger charge is -2.18. The van der Waals surface area contributed by atoms with E-state index in [1.54, 1.807) is 6.20 Å². The second-order valence-electron chi connectivity index (χ2n) is 5.12. The minimum absolute atomic E-state index is 0.0741. The van der Waals surface area contributed by atoms with Crippen LogP contribution >= 0.6 is 11.3 Å². The number of aryl methyl sites for hydroxylation is 2. The van der Waals surface area contributed by atoms with E-state index in [2.05, 4.69) is 10.3 Å². The predicted molar refractivity (Wildman–Crippen MR) is 88.0 cm³/mol. The fraction of sp³-hybridized carbons (Fsp3) is 0.176. The van der Waals surface area contributed by atoms with E-state index in [1.807, 2.05) is 67.2 Å². The highest BCUT2D eigenvalue weighted by atomic mass is 32.1. The van der Waals surface area contributed by atoms with Crippen LogP contribution in [0.2, 0.25) is 0 Å². The van der Waals surface area contributed by atoms with Crippen LogP contribution in [-0.2, 0) is 7.05 Å². The molecule has 2 heterocycles. The topological polar surface area (TPSA) is 46.9 Å². The van der Waals surface area contributed by atoms with Crippen molar-refractivity contribution in [2.75, 3.05) is 0 Å². The maximum absolute atomic E-state index is 12.5. The number of rotatable bonds is 4. The van der Waals surface area contributed by atoms with E-state index < -0.39 is 0 Å². The molecule has 1 N–H and O–H groups in total. The Labute approximate surface area is 133 Å². The van der Waals surface area contributed by atoms with Crippen LogP contribution < -0.4 is 5.32 Å². The van der Waals surface area contributed by atoms with Gasteiger partial charge in [0.05, 0.1) is 4.88 Å². The van der Waals surface area contributed by atoms with Crippen molar-refractivity contribution in [3.63, 3.8) is 0 Å². The van der Waals surface area contributed by atoms with Crippen molar-refractivity contribution in [2.45, 2.75) is 13.0 Å². The van der Waals surface area contributed by atoms with Gasteiger partial charge in [-0.25, -0.2) is 4.98 Å². The molecule has 0 fully saturated rings. The van der Waals surface area contributed by atoms with Crippen molar-refractivity contribution in [3.8, 4) is 0 Å². The van der Waals surface area contributed by atoms with Crippen molar-refractivity contribution in [1.29, 1.82) is 0 Å². The molecule has 0 aliphatic carbocycles. The molecule has 0 bridgehead atoms. The molecule has 0 aliphatic heterocycles. The number of nitrogens with zero attached hydrogens (tertiary/aromatic N) is 2. The summed E-state index contributed by atoms with van der Waals surface area (Å²) in [7, 11) is 1.93. The first kappa shape index (κ1) is 14.5. The average molecular weight is 311 g/mol. The summed E-state index contributed by atoms with van der Waals surface area (Å²) in [5.74, 6) is 0.739. The molecule has 0 saturated heterocycles. The second-order valence-corrected chi connectivity index (χ2v) is 6.41. The Morgan fingerprint density at radius 3 is 2.59 bits per heavy atom. The Morgan fingerprint density at radius 2 is 2.00 bits per heavy atom. The number of imidazole rings is 1. The lowest BCUT2D eigenvalue weighted by molar-refractivity contribution is 0.0945. The number of carbonyl (C=O) groups is 1. The lowest BCUT2D eigenvalue weighted by atomic mass is 10.1. The van der Waals surface area contributed by atoms with E-state index in [-0.39, 0.29) is 11.9 Å². The van der Waals surface area contributed by atoms with Gasteiger partial charge in [0.15, 0.2) is 0 Å². The van der Waals surface area contributed by atoms with E-state index in [9.17, 15) is 4.79 Å². The summed E-state index contributed by atoms with van der Waals surface area (Å²) in [5.41, 5.74) is 1.01. The molecule has 0 radical (unpaired) electrons. The van der Waals surface area contributed by atoms with Crippen molar-refractivity contribution < 1.29 is 4.79 Å². The van der Waals surface area contributed by atoms with E-state index in [0.29, 0.717) is 4.88 Å². The van der Waals surface area contributed by atoms with Gasteiger partial charge < -0.3 is 9.88 Å². The third-order valence-electron chi connectivity index (χ3n) is 3.49. The molecular formula is C17H17N3OS. The summed E-state index contributed by atoms with van der Waals surface area (Å²) in [6.07, 6.45) is 3.62. The molecule has 0 spiro atoms. The van der Waals surface area contributed by atoms with Crippen molar-refractivity contribution in [3.05, 3.63) is 76.0 Å². The minimum atomic E-state index is -0.267. The molecule has 5 heteroatoms. The van der Waals surface area contributed by atoms with Crippen LogP contribution in [0.5, 0.6) is 0 Å². The van der Waals surface area contributed by atoms with Crippen LogP contribution in [0, 0.1) is 6.92 Å². The summed E-state index contributed by atoms with van der Waals surface area (Å²) < 4.78 is 1.93. The van der Waals surface area contributed by atoms with E-state index in [0.717, 1.165) is 16.3 Å². The highest BCUT2D eigenvalue weighted by Gasteiger charge is 2.21. The van der Waals surface area contributed by atoms with Gasteiger partial charge in [-0.05, 0) is 24.6 Å². The normalized spacial score (nSPS) is 12.1. The number of hydrogen-bond donors (Lipinski definition) is 1. The smallest absolute Gasteiger partial charge is 0.262 e. The Kier molecular flexibility index (Phi) is 4.06. The van der Waals surface area contributed by atoms with E-state index in [4.69, 9.17) is 0 Å². The van der Waals surface area contributed by atoms with Gasteiger partial charge in [0.1, 0.15) is 11.9 Å². The molecule has 1 aromatic carbocycles. The van der Waals surface area contributed by atoms with Gasteiger partial charge in [-0.2, -0.15) is 0 Å². The molecule has 1 amide bonds. The SMILES string of the molecule is Cc1ccc(C(=O)NC(c2ccccc2)c2nccn2C)s1. The van der Waals surface area contributed by atoms with Gasteiger partial charge in [0, 0.05) is 24.3 Å². The van der Waals surface area contributed by atoms with E-state index >= 15 is 0 Å². The zero-order valence-electron chi connectivity index (χ0n) is 12.5. The van der Waals surface area contributed by atoms with Crippen molar-refractivity contribution in [1.82, 2.24) is 14.9 Å². The number of nitrogens with one attached hydrogen (secondary N) is 1. The van der Waals surface area contributed by atoms with Gasteiger partial charge in [0.2, 0.25) is 0 Å². The average Bonchev–Trinajstić information content (AvgIpc) is 3.14. The van der Waals surface area contributed by atoms with Gasteiger partial charge in [-0.15, -0.1) is 11.3 Å². The Hall–Kier alpha value is -2.40. The zero-order valence-corrected chi connectivity index (χ0v) is 13.3. The minimum Gasteiger partial charge on any atom is -0.337 e. The van der Waals surface area contributed by atoms with Crippen molar-refractivity contribution in [2.24, 2.45) is 7.05 Å². The molecule has 3 rings (SSSR count). The molecule has 112 valence electrons. The van der Waals surface area contributed by atoms with Crippen LogP contribution in [-0.4, -0.2) is 15.5 Å². The molecule has 1 atom stereocenters. The van der Waals surface area contributed by atoms with Gasteiger partial charge >= 0.3 is 0 Å². The number of amides is 1. The van der Waals surface area contributed by atoms with Crippen LogP contribution in [0.3, 0.4) is 0 Å². The Balaban J connectivity index is 1.93. The van der Waals surface area contributed by atoms with Crippen LogP contribution in [0.4, 0.5) is 0 Å². The van der Waals surface area contributed by atoms with Crippen LogP contribution in [0.1, 0.15) is 32.0 Å². The third kappa shape index (κ3) is 2.94. The summed E-state index contributed by atoms with van der Waals surface area (Å²) in [4.78, 5) is 18.7. The summed E-state index contributed by atoms with van der Waals surface area (Å²) in [5, 5.41) is 3.09. The first-order valence-electron chi connectivity index (χ1n) is 7.04.